The number of nitrogens with two attached hydrogens (primary N) is 1. The Balaban J connectivity index is 2.88. The van der Waals surface area contributed by atoms with Crippen LogP contribution in [-0.2, 0) is 0 Å². The highest BCUT2D eigenvalue weighted by molar-refractivity contribution is 7.80. The van der Waals surface area contributed by atoms with Crippen LogP contribution in [0.4, 0.5) is 0 Å². The van der Waals surface area contributed by atoms with Gasteiger partial charge in [-0.2, -0.15) is 12.6 Å². The molecular weight excluding hydrogens is 218 g/mol. The highest BCUT2D eigenvalue weighted by Gasteiger charge is 2.09. The van der Waals surface area contributed by atoms with Crippen LogP contribution < -0.4 is 10.5 Å². The summed E-state index contributed by atoms with van der Waals surface area (Å²) in [6.45, 7) is 0. The largest absolute Gasteiger partial charge is 0.497 e. The maximum absolute atomic E-state index is 6.05. The van der Waals surface area contributed by atoms with Gasteiger partial charge in [-0.3, -0.25) is 0 Å². The number of halogens is 1. The summed E-state index contributed by atoms with van der Waals surface area (Å²) in [5.41, 5.74) is 6.87. The van der Waals surface area contributed by atoms with Crippen LogP contribution in [0.2, 0.25) is 5.02 Å². The van der Waals surface area contributed by atoms with Crippen LogP contribution in [0.5, 0.6) is 5.75 Å². The third-order valence-electron chi connectivity index (χ3n) is 2.05. The van der Waals surface area contributed by atoms with Gasteiger partial charge >= 0.3 is 0 Å². The van der Waals surface area contributed by atoms with Crippen LogP contribution in [0, 0.1) is 0 Å². The monoisotopic (exact) mass is 231 g/mol. The highest BCUT2D eigenvalue weighted by Crippen LogP contribution is 2.27. The molecule has 2 N–H and O–H groups in total. The number of hydrogen-bond acceptors (Lipinski definition) is 3. The van der Waals surface area contributed by atoms with Gasteiger partial charge in [-0.1, -0.05) is 17.7 Å². The quantitative estimate of drug-likeness (QED) is 0.782. The summed E-state index contributed by atoms with van der Waals surface area (Å²) in [5.74, 6) is 1.50. The van der Waals surface area contributed by atoms with Gasteiger partial charge in [0.2, 0.25) is 0 Å². The summed E-state index contributed by atoms with van der Waals surface area (Å²) in [5, 5.41) is 0.652. The van der Waals surface area contributed by atoms with Crippen molar-refractivity contribution in [1.82, 2.24) is 0 Å². The van der Waals surface area contributed by atoms with E-state index in [0.717, 1.165) is 23.5 Å². The Hall–Kier alpha value is -0.380. The Morgan fingerprint density at radius 2 is 2.29 bits per heavy atom. The molecule has 0 saturated heterocycles. The molecule has 0 aliphatic heterocycles. The predicted molar refractivity (Wildman–Crippen MR) is 63.4 cm³/mol. The lowest BCUT2D eigenvalue weighted by Crippen LogP contribution is -2.11. The van der Waals surface area contributed by atoms with E-state index in [1.807, 2.05) is 12.1 Å². The van der Waals surface area contributed by atoms with E-state index in [1.54, 1.807) is 13.2 Å². The van der Waals surface area contributed by atoms with Crippen molar-refractivity contribution in [3.8, 4) is 5.75 Å². The van der Waals surface area contributed by atoms with Crippen LogP contribution in [0.25, 0.3) is 0 Å². The topological polar surface area (TPSA) is 35.2 Å². The Bertz CT molecular complexity index is 306. The van der Waals surface area contributed by atoms with Crippen molar-refractivity contribution in [2.45, 2.75) is 12.5 Å². The Kier molecular flexibility index (Phi) is 4.58. The van der Waals surface area contributed by atoms with E-state index in [0.29, 0.717) is 5.02 Å². The lowest BCUT2D eigenvalue weighted by atomic mass is 10.1. The average molecular weight is 232 g/mol. The van der Waals surface area contributed by atoms with Crippen molar-refractivity contribution in [3.05, 3.63) is 28.8 Å². The van der Waals surface area contributed by atoms with Gasteiger partial charge in [-0.15, -0.1) is 0 Å². The van der Waals surface area contributed by atoms with E-state index in [-0.39, 0.29) is 6.04 Å². The zero-order valence-corrected chi connectivity index (χ0v) is 9.68. The number of rotatable bonds is 4. The van der Waals surface area contributed by atoms with Gasteiger partial charge in [-0.05, 0) is 29.9 Å². The SMILES string of the molecule is COc1ccc(C(N)CCS)c(Cl)c1. The van der Waals surface area contributed by atoms with E-state index >= 15 is 0 Å². The fraction of sp³-hybridized carbons (Fsp3) is 0.400. The van der Waals surface area contributed by atoms with Crippen molar-refractivity contribution < 1.29 is 4.74 Å². The standard InChI is InChI=1S/C10H14ClNOS/c1-13-7-2-3-8(9(11)6-7)10(12)4-5-14/h2-3,6,10,14H,4-5,12H2,1H3. The average Bonchev–Trinajstić information content (AvgIpc) is 2.17. The van der Waals surface area contributed by atoms with E-state index in [9.17, 15) is 0 Å². The second-order valence-corrected chi connectivity index (χ2v) is 3.86. The Morgan fingerprint density at radius 3 is 2.79 bits per heavy atom. The van der Waals surface area contributed by atoms with E-state index in [4.69, 9.17) is 22.1 Å². The second-order valence-electron chi connectivity index (χ2n) is 3.01. The fourth-order valence-corrected chi connectivity index (χ4v) is 1.82. The molecule has 1 rings (SSSR count). The zero-order valence-electron chi connectivity index (χ0n) is 8.03. The first-order valence-electron chi connectivity index (χ1n) is 4.39. The van der Waals surface area contributed by atoms with Gasteiger partial charge in [0.25, 0.3) is 0 Å². The summed E-state index contributed by atoms with van der Waals surface area (Å²) >= 11 is 10.2. The molecule has 1 unspecified atom stereocenters. The first-order valence-corrected chi connectivity index (χ1v) is 5.40. The maximum atomic E-state index is 6.05. The summed E-state index contributed by atoms with van der Waals surface area (Å²) in [6.07, 6.45) is 0.815. The molecule has 0 aliphatic rings. The number of hydrogen-bond donors (Lipinski definition) is 2. The van der Waals surface area contributed by atoms with Gasteiger partial charge in [0, 0.05) is 11.1 Å². The lowest BCUT2D eigenvalue weighted by Gasteiger charge is -2.13. The summed E-state index contributed by atoms with van der Waals surface area (Å²) in [4.78, 5) is 0. The molecule has 0 aromatic heterocycles. The van der Waals surface area contributed by atoms with E-state index in [1.165, 1.54) is 0 Å². The zero-order chi connectivity index (χ0) is 10.6. The third kappa shape index (κ3) is 2.80. The van der Waals surface area contributed by atoms with Crippen LogP contribution in [0.15, 0.2) is 18.2 Å². The molecular formula is C10H14ClNOS. The molecule has 0 aliphatic carbocycles. The molecule has 14 heavy (non-hydrogen) atoms. The minimum Gasteiger partial charge on any atom is -0.497 e. The van der Waals surface area contributed by atoms with E-state index in [2.05, 4.69) is 12.6 Å². The molecule has 0 saturated carbocycles. The van der Waals surface area contributed by atoms with Crippen molar-refractivity contribution in [2.75, 3.05) is 12.9 Å². The number of ether oxygens (including phenoxy) is 1. The molecule has 1 aromatic carbocycles. The summed E-state index contributed by atoms with van der Waals surface area (Å²) in [7, 11) is 1.61. The molecule has 2 nitrogen and oxygen atoms in total. The minimum absolute atomic E-state index is 0.0501. The first kappa shape index (κ1) is 11.7. The molecule has 4 heteroatoms. The first-order chi connectivity index (χ1) is 6.69. The van der Waals surface area contributed by atoms with Gasteiger partial charge in [0.05, 0.1) is 7.11 Å². The van der Waals surface area contributed by atoms with Crippen molar-refractivity contribution in [3.63, 3.8) is 0 Å². The third-order valence-corrected chi connectivity index (χ3v) is 2.63. The molecule has 78 valence electrons. The van der Waals surface area contributed by atoms with Crippen LogP contribution in [0.1, 0.15) is 18.0 Å². The Labute approximate surface area is 94.8 Å². The molecule has 0 radical (unpaired) electrons. The number of benzene rings is 1. The predicted octanol–water partition coefficient (Wildman–Crippen LogP) is 2.67. The van der Waals surface area contributed by atoms with Crippen molar-refractivity contribution in [2.24, 2.45) is 5.73 Å². The van der Waals surface area contributed by atoms with Crippen molar-refractivity contribution >= 4 is 24.2 Å². The van der Waals surface area contributed by atoms with Gasteiger partial charge in [0.1, 0.15) is 5.75 Å². The number of thiol groups is 1. The van der Waals surface area contributed by atoms with Crippen LogP contribution >= 0.6 is 24.2 Å². The smallest absolute Gasteiger partial charge is 0.120 e. The van der Waals surface area contributed by atoms with Crippen molar-refractivity contribution in [1.29, 1.82) is 0 Å². The molecule has 0 heterocycles. The van der Waals surface area contributed by atoms with E-state index < -0.39 is 0 Å². The van der Waals surface area contributed by atoms with Gasteiger partial charge in [0.15, 0.2) is 0 Å². The summed E-state index contributed by atoms with van der Waals surface area (Å²) in [6, 6.07) is 5.48. The number of methoxy groups -OCH3 is 1. The van der Waals surface area contributed by atoms with Crippen LogP contribution in [-0.4, -0.2) is 12.9 Å². The highest BCUT2D eigenvalue weighted by atomic mass is 35.5. The van der Waals surface area contributed by atoms with Crippen LogP contribution in [0.3, 0.4) is 0 Å². The molecule has 1 aromatic rings. The second kappa shape index (κ2) is 5.49. The van der Waals surface area contributed by atoms with Gasteiger partial charge < -0.3 is 10.5 Å². The van der Waals surface area contributed by atoms with Gasteiger partial charge in [-0.25, -0.2) is 0 Å². The normalized spacial score (nSPS) is 12.6. The lowest BCUT2D eigenvalue weighted by molar-refractivity contribution is 0.414. The minimum atomic E-state index is -0.0501. The fourth-order valence-electron chi connectivity index (χ4n) is 1.23. The molecule has 0 spiro atoms. The molecule has 0 bridgehead atoms. The molecule has 1 atom stereocenters. The Morgan fingerprint density at radius 1 is 1.57 bits per heavy atom. The molecule has 0 amide bonds. The summed E-state index contributed by atoms with van der Waals surface area (Å²) < 4.78 is 5.05. The molecule has 0 fully saturated rings. The maximum Gasteiger partial charge on any atom is 0.120 e.